The fourth-order valence-electron chi connectivity index (χ4n) is 1.92. The van der Waals surface area contributed by atoms with E-state index < -0.39 is 5.92 Å². The first kappa shape index (κ1) is 11.2. The van der Waals surface area contributed by atoms with E-state index >= 15 is 0 Å². The minimum absolute atomic E-state index is 0.117. The zero-order valence-electron chi connectivity index (χ0n) is 9.35. The van der Waals surface area contributed by atoms with Gasteiger partial charge in [0.1, 0.15) is 7.85 Å². The molecule has 1 aliphatic rings. The van der Waals surface area contributed by atoms with Gasteiger partial charge in [-0.1, -0.05) is 5.46 Å². The van der Waals surface area contributed by atoms with E-state index in [-0.39, 0.29) is 11.0 Å². The Labute approximate surface area is 95.0 Å². The third-order valence-corrected chi connectivity index (χ3v) is 2.81. The first-order valence-corrected chi connectivity index (χ1v) is 5.16. The second-order valence-corrected chi connectivity index (χ2v) is 4.19. The van der Waals surface area contributed by atoms with Gasteiger partial charge in [0.15, 0.2) is 0 Å². The monoisotopic (exact) mass is 222 g/mol. The van der Waals surface area contributed by atoms with Gasteiger partial charge in [0, 0.05) is 32.6 Å². The molecule has 2 rings (SSSR count). The van der Waals surface area contributed by atoms with Crippen molar-refractivity contribution >= 4 is 24.7 Å². The van der Waals surface area contributed by atoms with Crippen molar-refractivity contribution in [2.75, 3.05) is 30.4 Å². The van der Waals surface area contributed by atoms with Crippen LogP contribution in [0.3, 0.4) is 0 Å². The smallest absolute Gasteiger partial charge is 0.270 e. The van der Waals surface area contributed by atoms with Crippen molar-refractivity contribution in [3.05, 3.63) is 17.7 Å². The molecule has 16 heavy (non-hydrogen) atoms. The van der Waals surface area contributed by atoms with Gasteiger partial charge in [0.2, 0.25) is 0 Å². The van der Waals surface area contributed by atoms with Gasteiger partial charge in [-0.15, -0.1) is 0 Å². The molecule has 0 fully saturated rings. The van der Waals surface area contributed by atoms with Crippen molar-refractivity contribution in [1.29, 1.82) is 0 Å². The number of nitrogens with one attached hydrogen (secondary N) is 1. The van der Waals surface area contributed by atoms with Gasteiger partial charge >= 0.3 is 0 Å². The van der Waals surface area contributed by atoms with Crippen molar-refractivity contribution in [3.63, 3.8) is 0 Å². The minimum atomic E-state index is -2.91. The number of hydrogen-bond acceptors (Lipinski definition) is 2. The summed E-state index contributed by atoms with van der Waals surface area (Å²) in [6, 6.07) is 3.05. The lowest BCUT2D eigenvalue weighted by molar-refractivity contribution is 0.0186. The molecule has 0 amide bonds. The van der Waals surface area contributed by atoms with Crippen LogP contribution >= 0.6 is 0 Å². The number of fused-ring (bicyclic) bond motifs is 1. The Morgan fingerprint density at radius 3 is 2.75 bits per heavy atom. The molecule has 1 aromatic carbocycles. The highest BCUT2D eigenvalue weighted by atomic mass is 19.3. The molecule has 0 atom stereocenters. The van der Waals surface area contributed by atoms with Gasteiger partial charge in [0.05, 0.1) is 11.4 Å². The van der Waals surface area contributed by atoms with Gasteiger partial charge in [-0.2, -0.15) is 0 Å². The molecule has 0 aromatic heterocycles. The zero-order chi connectivity index (χ0) is 11.9. The highest BCUT2D eigenvalue weighted by Crippen LogP contribution is 2.33. The van der Waals surface area contributed by atoms with Crippen LogP contribution < -0.4 is 15.7 Å². The molecular formula is C11H13BF2N2. The maximum atomic E-state index is 13.3. The van der Waals surface area contributed by atoms with E-state index in [0.29, 0.717) is 0 Å². The maximum Gasteiger partial charge on any atom is 0.270 e. The molecule has 1 heterocycles. The number of halogens is 2. The molecule has 5 heteroatoms. The van der Waals surface area contributed by atoms with E-state index in [9.17, 15) is 8.78 Å². The van der Waals surface area contributed by atoms with Gasteiger partial charge in [-0.05, 0) is 12.1 Å². The van der Waals surface area contributed by atoms with E-state index in [0.717, 1.165) is 31.4 Å². The van der Waals surface area contributed by atoms with Crippen LogP contribution in [0.1, 0.15) is 12.5 Å². The molecule has 84 valence electrons. The molecule has 0 bridgehead atoms. The molecule has 2 nitrogen and oxygen atoms in total. The van der Waals surface area contributed by atoms with Crippen LogP contribution in [0.5, 0.6) is 0 Å². The van der Waals surface area contributed by atoms with Crippen LogP contribution in [0, 0.1) is 0 Å². The van der Waals surface area contributed by atoms with Crippen molar-refractivity contribution in [2.45, 2.75) is 12.8 Å². The lowest BCUT2D eigenvalue weighted by atomic mass is 9.86. The second kappa shape index (κ2) is 3.65. The van der Waals surface area contributed by atoms with Crippen molar-refractivity contribution < 1.29 is 8.78 Å². The Morgan fingerprint density at radius 1 is 1.44 bits per heavy atom. The Hall–Kier alpha value is -1.26. The minimum Gasteiger partial charge on any atom is -0.382 e. The van der Waals surface area contributed by atoms with Crippen LogP contribution in [0.2, 0.25) is 0 Å². The highest BCUT2D eigenvalue weighted by molar-refractivity contribution is 6.34. The lowest BCUT2D eigenvalue weighted by Gasteiger charge is -2.30. The largest absolute Gasteiger partial charge is 0.382 e. The van der Waals surface area contributed by atoms with E-state index in [4.69, 9.17) is 7.85 Å². The summed E-state index contributed by atoms with van der Waals surface area (Å²) in [6.07, 6.45) is 0. The van der Waals surface area contributed by atoms with Crippen molar-refractivity contribution in [2.24, 2.45) is 0 Å². The van der Waals surface area contributed by atoms with Crippen molar-refractivity contribution in [3.8, 4) is 0 Å². The normalized spacial score (nSPS) is 15.6. The summed E-state index contributed by atoms with van der Waals surface area (Å²) < 4.78 is 26.5. The topological polar surface area (TPSA) is 15.3 Å². The SMILES string of the molecule is [B]c1cc2c(cc1C(C)(F)F)NCCN2C. The summed E-state index contributed by atoms with van der Waals surface area (Å²) in [6.45, 7) is 2.45. The summed E-state index contributed by atoms with van der Waals surface area (Å²) >= 11 is 0. The summed E-state index contributed by atoms with van der Waals surface area (Å²) in [4.78, 5) is 2.00. The third-order valence-electron chi connectivity index (χ3n) is 2.81. The van der Waals surface area contributed by atoms with Gasteiger partial charge < -0.3 is 10.2 Å². The predicted octanol–water partition coefficient (Wildman–Crippen LogP) is 1.45. The van der Waals surface area contributed by atoms with Crippen LogP contribution in [-0.2, 0) is 5.92 Å². The average Bonchev–Trinajstić information content (AvgIpc) is 2.17. The van der Waals surface area contributed by atoms with Gasteiger partial charge in [-0.3, -0.25) is 0 Å². The molecular weight excluding hydrogens is 209 g/mol. The molecule has 2 radical (unpaired) electrons. The van der Waals surface area contributed by atoms with E-state index in [2.05, 4.69) is 5.32 Å². The quantitative estimate of drug-likeness (QED) is 0.723. The van der Waals surface area contributed by atoms with Gasteiger partial charge in [-0.25, -0.2) is 8.78 Å². The first-order valence-electron chi connectivity index (χ1n) is 5.16. The van der Waals surface area contributed by atoms with E-state index in [1.807, 2.05) is 11.9 Å². The highest BCUT2D eigenvalue weighted by Gasteiger charge is 2.28. The van der Waals surface area contributed by atoms with E-state index in [1.54, 1.807) is 6.07 Å². The predicted molar refractivity (Wildman–Crippen MR) is 63.2 cm³/mol. The van der Waals surface area contributed by atoms with Crippen molar-refractivity contribution in [1.82, 2.24) is 0 Å². The molecule has 1 aromatic rings. The van der Waals surface area contributed by atoms with Crippen LogP contribution in [0.25, 0.3) is 0 Å². The number of nitrogens with zero attached hydrogens (tertiary/aromatic N) is 1. The third kappa shape index (κ3) is 1.86. The fraction of sp³-hybridized carbons (Fsp3) is 0.455. The zero-order valence-corrected chi connectivity index (χ0v) is 9.35. The number of hydrogen-bond donors (Lipinski definition) is 1. The second-order valence-electron chi connectivity index (χ2n) is 4.19. The summed E-state index contributed by atoms with van der Waals surface area (Å²) in [7, 11) is 7.58. The number of likely N-dealkylation sites (N-methyl/N-ethyl adjacent to an activating group) is 1. The Kier molecular flexibility index (Phi) is 2.56. The standard InChI is InChI=1S/C11H13BF2N2/c1-11(13,14)7-5-9-10(6-8(7)12)16(2)4-3-15-9/h5-6,15H,3-4H2,1-2H3. The molecule has 0 aliphatic carbocycles. The number of rotatable bonds is 1. The Bertz CT molecular complexity index is 415. The Morgan fingerprint density at radius 2 is 2.12 bits per heavy atom. The molecule has 0 saturated heterocycles. The number of alkyl halides is 2. The fourth-order valence-corrected chi connectivity index (χ4v) is 1.92. The summed E-state index contributed by atoms with van der Waals surface area (Å²) in [5.74, 6) is -2.91. The summed E-state index contributed by atoms with van der Waals surface area (Å²) in [5, 5.41) is 3.10. The molecule has 1 aliphatic heterocycles. The van der Waals surface area contributed by atoms with Crippen LogP contribution in [0.15, 0.2) is 12.1 Å². The Balaban J connectivity index is 2.53. The molecule has 0 spiro atoms. The first-order chi connectivity index (χ1) is 7.39. The maximum absolute atomic E-state index is 13.3. The van der Waals surface area contributed by atoms with Gasteiger partial charge in [0.25, 0.3) is 5.92 Å². The number of anilines is 2. The number of benzene rings is 1. The van der Waals surface area contributed by atoms with E-state index in [1.165, 1.54) is 6.07 Å². The molecule has 0 saturated carbocycles. The summed E-state index contributed by atoms with van der Waals surface area (Å²) in [5.41, 5.74) is 1.62. The molecule has 1 N–H and O–H groups in total. The average molecular weight is 222 g/mol. The molecule has 0 unspecified atom stereocenters. The van der Waals surface area contributed by atoms with Crippen LogP contribution in [-0.4, -0.2) is 28.0 Å². The van der Waals surface area contributed by atoms with Crippen LogP contribution in [0.4, 0.5) is 20.2 Å². The lowest BCUT2D eigenvalue weighted by Crippen LogP contribution is -2.33.